The highest BCUT2D eigenvalue weighted by molar-refractivity contribution is 7.13. The van der Waals surface area contributed by atoms with E-state index in [0.29, 0.717) is 12.2 Å². The fraction of sp³-hybridized carbons (Fsp3) is 0.375. The molecular formula is C24H29N5O2S. The Morgan fingerprint density at radius 1 is 1.12 bits per heavy atom. The van der Waals surface area contributed by atoms with Gasteiger partial charge in [-0.3, -0.25) is 4.79 Å². The van der Waals surface area contributed by atoms with E-state index in [2.05, 4.69) is 32.1 Å². The van der Waals surface area contributed by atoms with Crippen molar-refractivity contribution < 1.29 is 9.53 Å². The number of hydrogen-bond acceptors (Lipinski definition) is 7. The molecule has 32 heavy (non-hydrogen) atoms. The van der Waals surface area contributed by atoms with Crippen LogP contribution in [-0.2, 0) is 6.54 Å². The molecule has 1 N–H and O–H groups in total. The molecule has 0 aliphatic carbocycles. The van der Waals surface area contributed by atoms with E-state index < -0.39 is 0 Å². The Morgan fingerprint density at radius 3 is 2.53 bits per heavy atom. The van der Waals surface area contributed by atoms with Crippen LogP contribution < -0.4 is 15.0 Å². The number of carbonyl (C=O) groups is 1. The molecule has 1 aliphatic heterocycles. The smallest absolute Gasteiger partial charge is 0.271 e. The molecule has 0 bridgehead atoms. The zero-order chi connectivity index (χ0) is 22.5. The van der Waals surface area contributed by atoms with Crippen molar-refractivity contribution in [2.24, 2.45) is 0 Å². The van der Waals surface area contributed by atoms with E-state index in [1.807, 2.05) is 56.4 Å². The van der Waals surface area contributed by atoms with Gasteiger partial charge in [0.1, 0.15) is 22.3 Å². The van der Waals surface area contributed by atoms with Crippen molar-refractivity contribution in [3.05, 3.63) is 59.2 Å². The number of nitrogens with zero attached hydrogens (tertiary/aromatic N) is 4. The second kappa shape index (κ2) is 10.1. The van der Waals surface area contributed by atoms with E-state index in [9.17, 15) is 4.79 Å². The van der Waals surface area contributed by atoms with Gasteiger partial charge in [0.15, 0.2) is 0 Å². The van der Waals surface area contributed by atoms with Gasteiger partial charge >= 0.3 is 0 Å². The van der Waals surface area contributed by atoms with Gasteiger partial charge in [-0.1, -0.05) is 6.07 Å². The van der Waals surface area contributed by atoms with E-state index in [-0.39, 0.29) is 12.0 Å². The maximum atomic E-state index is 12.6. The molecule has 1 aliphatic rings. The lowest BCUT2D eigenvalue weighted by atomic mass is 10.2. The molecular weight excluding hydrogens is 422 g/mol. The summed E-state index contributed by atoms with van der Waals surface area (Å²) in [4.78, 5) is 26.3. The van der Waals surface area contributed by atoms with Crippen LogP contribution >= 0.6 is 11.3 Å². The standard InChI is InChI=1S/C24H29N5O2S/c1-17(2)31-20-7-5-19(6-8-20)24-27-21(16-32-24)23(30)26-15-18-4-9-22(25-14-18)29-12-10-28(3)11-13-29/h4-9,14,16-17H,10-13,15H2,1-3H3,(H,26,30). The molecule has 1 fully saturated rings. The van der Waals surface area contributed by atoms with Crippen molar-refractivity contribution in [3.63, 3.8) is 0 Å². The average Bonchev–Trinajstić information content (AvgIpc) is 3.29. The van der Waals surface area contributed by atoms with Gasteiger partial charge in [0, 0.05) is 49.9 Å². The number of anilines is 1. The second-order valence-electron chi connectivity index (χ2n) is 8.23. The number of nitrogens with one attached hydrogen (secondary N) is 1. The van der Waals surface area contributed by atoms with E-state index in [4.69, 9.17) is 4.74 Å². The summed E-state index contributed by atoms with van der Waals surface area (Å²) in [5, 5.41) is 5.54. The average molecular weight is 452 g/mol. The molecule has 0 atom stereocenters. The minimum atomic E-state index is -0.185. The first-order valence-electron chi connectivity index (χ1n) is 10.9. The van der Waals surface area contributed by atoms with Crippen LogP contribution in [0.3, 0.4) is 0 Å². The Kier molecular flexibility index (Phi) is 7.02. The lowest BCUT2D eigenvalue weighted by Crippen LogP contribution is -2.44. The summed E-state index contributed by atoms with van der Waals surface area (Å²) >= 11 is 1.46. The molecule has 2 aromatic heterocycles. The largest absolute Gasteiger partial charge is 0.491 e. The quantitative estimate of drug-likeness (QED) is 0.591. The van der Waals surface area contributed by atoms with Crippen molar-refractivity contribution in [1.82, 2.24) is 20.2 Å². The summed E-state index contributed by atoms with van der Waals surface area (Å²) in [7, 11) is 2.14. The number of rotatable bonds is 7. The van der Waals surface area contributed by atoms with Crippen LogP contribution in [0.4, 0.5) is 5.82 Å². The van der Waals surface area contributed by atoms with E-state index >= 15 is 0 Å². The molecule has 8 heteroatoms. The van der Waals surface area contributed by atoms with E-state index in [1.54, 1.807) is 5.38 Å². The first-order chi connectivity index (χ1) is 15.5. The second-order valence-corrected chi connectivity index (χ2v) is 9.08. The number of pyridine rings is 1. The molecule has 0 spiro atoms. The first-order valence-corrected chi connectivity index (χ1v) is 11.7. The maximum absolute atomic E-state index is 12.6. The van der Waals surface area contributed by atoms with Gasteiger partial charge in [0.2, 0.25) is 0 Å². The molecule has 168 valence electrons. The Morgan fingerprint density at radius 2 is 1.88 bits per heavy atom. The van der Waals surface area contributed by atoms with Gasteiger partial charge in [-0.15, -0.1) is 11.3 Å². The Hall–Kier alpha value is -2.97. The molecule has 0 unspecified atom stereocenters. The highest BCUT2D eigenvalue weighted by Gasteiger charge is 2.15. The van der Waals surface area contributed by atoms with Gasteiger partial charge < -0.3 is 19.9 Å². The number of hydrogen-bond donors (Lipinski definition) is 1. The van der Waals surface area contributed by atoms with E-state index in [1.165, 1.54) is 11.3 Å². The number of carbonyl (C=O) groups excluding carboxylic acids is 1. The minimum absolute atomic E-state index is 0.134. The van der Waals surface area contributed by atoms with Crippen LogP contribution in [0, 0.1) is 0 Å². The zero-order valence-electron chi connectivity index (χ0n) is 18.7. The SMILES string of the molecule is CC(C)Oc1ccc(-c2nc(C(=O)NCc3ccc(N4CCN(C)CC4)nc3)cs2)cc1. The molecule has 0 radical (unpaired) electrons. The molecule has 7 nitrogen and oxygen atoms in total. The lowest BCUT2D eigenvalue weighted by Gasteiger charge is -2.33. The highest BCUT2D eigenvalue weighted by atomic mass is 32.1. The lowest BCUT2D eigenvalue weighted by molar-refractivity contribution is 0.0946. The topological polar surface area (TPSA) is 70.6 Å². The summed E-state index contributed by atoms with van der Waals surface area (Å²) in [5.74, 6) is 1.63. The molecule has 0 saturated carbocycles. The number of ether oxygens (including phenoxy) is 1. The molecule has 1 amide bonds. The van der Waals surface area contributed by atoms with Crippen LogP contribution in [0.1, 0.15) is 29.9 Å². The number of aromatic nitrogens is 2. The van der Waals surface area contributed by atoms with Crippen LogP contribution in [0.15, 0.2) is 48.0 Å². The molecule has 3 heterocycles. The normalized spacial score (nSPS) is 14.6. The third-order valence-electron chi connectivity index (χ3n) is 5.30. The van der Waals surface area contributed by atoms with Crippen LogP contribution in [-0.4, -0.2) is 60.1 Å². The number of likely N-dealkylation sites (N-methyl/N-ethyl adjacent to an activating group) is 1. The van der Waals surface area contributed by atoms with Crippen molar-refractivity contribution in [1.29, 1.82) is 0 Å². The third-order valence-corrected chi connectivity index (χ3v) is 6.19. The van der Waals surface area contributed by atoms with Gasteiger partial charge in [-0.05, 0) is 56.8 Å². The predicted octanol–water partition coefficient (Wildman–Crippen LogP) is 3.67. The molecule has 1 aromatic carbocycles. The fourth-order valence-electron chi connectivity index (χ4n) is 3.48. The summed E-state index contributed by atoms with van der Waals surface area (Å²) in [6.45, 7) is 8.48. The van der Waals surface area contributed by atoms with Gasteiger partial charge in [-0.2, -0.15) is 0 Å². The number of piperazine rings is 1. The van der Waals surface area contributed by atoms with E-state index in [0.717, 1.165) is 53.9 Å². The molecule has 3 aromatic rings. The monoisotopic (exact) mass is 451 g/mol. The predicted molar refractivity (Wildman–Crippen MR) is 128 cm³/mol. The van der Waals surface area contributed by atoms with Gasteiger partial charge in [0.05, 0.1) is 6.10 Å². The molecule has 4 rings (SSSR count). The van der Waals surface area contributed by atoms with Crippen LogP contribution in [0.5, 0.6) is 5.75 Å². The van der Waals surface area contributed by atoms with Crippen LogP contribution in [0.25, 0.3) is 10.6 Å². The summed E-state index contributed by atoms with van der Waals surface area (Å²) in [6, 6.07) is 11.8. The number of benzene rings is 1. The van der Waals surface area contributed by atoms with Gasteiger partial charge in [-0.25, -0.2) is 9.97 Å². The summed E-state index contributed by atoms with van der Waals surface area (Å²) in [5.41, 5.74) is 2.36. The van der Waals surface area contributed by atoms with Crippen molar-refractivity contribution in [2.45, 2.75) is 26.5 Å². The van der Waals surface area contributed by atoms with Crippen molar-refractivity contribution in [3.8, 4) is 16.3 Å². The third kappa shape index (κ3) is 5.63. The molecule has 1 saturated heterocycles. The number of thiazole rings is 1. The number of amides is 1. The fourth-order valence-corrected chi connectivity index (χ4v) is 4.28. The first kappa shape index (κ1) is 22.2. The highest BCUT2D eigenvalue weighted by Crippen LogP contribution is 2.26. The minimum Gasteiger partial charge on any atom is -0.491 e. The summed E-state index contributed by atoms with van der Waals surface area (Å²) in [6.07, 6.45) is 1.97. The van der Waals surface area contributed by atoms with Crippen molar-refractivity contribution >= 4 is 23.1 Å². The van der Waals surface area contributed by atoms with Crippen molar-refractivity contribution in [2.75, 3.05) is 38.1 Å². The Labute approximate surface area is 193 Å². The Balaban J connectivity index is 1.31. The Bertz CT molecular complexity index is 1030. The maximum Gasteiger partial charge on any atom is 0.271 e. The summed E-state index contributed by atoms with van der Waals surface area (Å²) < 4.78 is 5.68. The van der Waals surface area contributed by atoms with Gasteiger partial charge in [0.25, 0.3) is 5.91 Å². The van der Waals surface area contributed by atoms with Crippen LogP contribution in [0.2, 0.25) is 0 Å². The zero-order valence-corrected chi connectivity index (χ0v) is 19.6.